The van der Waals surface area contributed by atoms with Crippen LogP contribution >= 0.6 is 11.6 Å². The molecule has 0 bridgehead atoms. The number of nitrogens with zero attached hydrogens (tertiary/aromatic N) is 1. The zero-order chi connectivity index (χ0) is 18.3. The van der Waals surface area contributed by atoms with Gasteiger partial charge < -0.3 is 10.2 Å². The monoisotopic (exact) mass is 366 g/mol. The molecular weight excluding hydrogens is 332 g/mol. The van der Waals surface area contributed by atoms with Crippen molar-refractivity contribution in [3.63, 3.8) is 0 Å². The quantitative estimate of drug-likeness (QED) is 0.370. The average Bonchev–Trinajstić information content (AvgIpc) is 2.61. The van der Waals surface area contributed by atoms with Crippen molar-refractivity contribution < 1.29 is 4.79 Å². The van der Waals surface area contributed by atoms with Gasteiger partial charge in [-0.15, -0.1) is 0 Å². The lowest BCUT2D eigenvalue weighted by Gasteiger charge is -2.23. The highest BCUT2D eigenvalue weighted by molar-refractivity contribution is 6.30. The number of hydrogen-bond acceptors (Lipinski definition) is 1. The zero-order valence-corrected chi connectivity index (χ0v) is 16.8. The van der Waals surface area contributed by atoms with Crippen molar-refractivity contribution in [2.45, 2.75) is 78.1 Å². The summed E-state index contributed by atoms with van der Waals surface area (Å²) in [5.41, 5.74) is 0.802. The van der Waals surface area contributed by atoms with Gasteiger partial charge in [0.1, 0.15) is 0 Å². The van der Waals surface area contributed by atoms with Crippen molar-refractivity contribution in [3.05, 3.63) is 29.3 Å². The highest BCUT2D eigenvalue weighted by atomic mass is 35.5. The molecule has 4 heteroatoms. The van der Waals surface area contributed by atoms with Crippen LogP contribution in [-0.4, -0.2) is 24.0 Å². The molecule has 0 aromatic heterocycles. The van der Waals surface area contributed by atoms with E-state index in [4.69, 9.17) is 11.6 Å². The maximum absolute atomic E-state index is 12.6. The molecule has 1 aromatic rings. The number of nitrogens with one attached hydrogen (secondary N) is 1. The number of anilines is 1. The molecule has 0 aliphatic rings. The summed E-state index contributed by atoms with van der Waals surface area (Å²) in [5, 5.41) is 3.68. The average molecular weight is 367 g/mol. The summed E-state index contributed by atoms with van der Waals surface area (Å²) in [5.74, 6) is 0. The van der Waals surface area contributed by atoms with Gasteiger partial charge in [-0.3, -0.25) is 0 Å². The second-order valence-electron chi connectivity index (χ2n) is 6.75. The Morgan fingerprint density at radius 3 is 1.80 bits per heavy atom. The van der Waals surface area contributed by atoms with Gasteiger partial charge in [-0.1, -0.05) is 76.8 Å². The van der Waals surface area contributed by atoms with E-state index in [9.17, 15) is 4.79 Å². The van der Waals surface area contributed by atoms with Crippen LogP contribution < -0.4 is 5.32 Å². The minimum Gasteiger partial charge on any atom is -0.325 e. The molecule has 1 aromatic carbocycles. The summed E-state index contributed by atoms with van der Waals surface area (Å²) >= 11 is 5.91. The molecule has 3 nitrogen and oxygen atoms in total. The number of rotatable bonds is 13. The van der Waals surface area contributed by atoms with Gasteiger partial charge in [-0.2, -0.15) is 0 Å². The van der Waals surface area contributed by atoms with E-state index in [-0.39, 0.29) is 6.03 Å². The lowest BCUT2D eigenvalue weighted by molar-refractivity contribution is 0.209. The Kier molecular flexibility index (Phi) is 12.2. The minimum atomic E-state index is 0.00769. The SMILES string of the molecule is CCCCCCCN(CCCCCCC)C(=O)Nc1ccc(Cl)cc1. The Morgan fingerprint density at radius 1 is 0.840 bits per heavy atom. The number of halogens is 1. The third-order valence-corrected chi connectivity index (χ3v) is 4.70. The van der Waals surface area contributed by atoms with Crippen LogP contribution in [0.3, 0.4) is 0 Å². The van der Waals surface area contributed by atoms with Crippen molar-refractivity contribution in [2.24, 2.45) is 0 Å². The highest BCUT2D eigenvalue weighted by Gasteiger charge is 2.13. The molecule has 25 heavy (non-hydrogen) atoms. The fraction of sp³-hybridized carbons (Fsp3) is 0.667. The fourth-order valence-electron chi connectivity index (χ4n) is 2.86. The Labute approximate surface area is 159 Å². The molecule has 0 fully saturated rings. The normalized spacial score (nSPS) is 10.7. The van der Waals surface area contributed by atoms with Crippen LogP contribution in [0.2, 0.25) is 5.02 Å². The van der Waals surface area contributed by atoms with Crippen molar-refractivity contribution in [3.8, 4) is 0 Å². The fourth-order valence-corrected chi connectivity index (χ4v) is 2.99. The molecule has 1 rings (SSSR count). The summed E-state index contributed by atoms with van der Waals surface area (Å²) in [4.78, 5) is 14.6. The molecule has 0 unspecified atom stereocenters. The molecule has 0 saturated heterocycles. The first-order valence-electron chi connectivity index (χ1n) is 9.98. The van der Waals surface area contributed by atoms with Gasteiger partial charge in [-0.25, -0.2) is 4.79 Å². The van der Waals surface area contributed by atoms with Crippen molar-refractivity contribution in [1.82, 2.24) is 4.90 Å². The number of carbonyl (C=O) groups excluding carboxylic acids is 1. The van der Waals surface area contributed by atoms with Crippen molar-refractivity contribution in [1.29, 1.82) is 0 Å². The number of benzene rings is 1. The van der Waals surface area contributed by atoms with E-state index < -0.39 is 0 Å². The van der Waals surface area contributed by atoms with E-state index in [0.29, 0.717) is 5.02 Å². The van der Waals surface area contributed by atoms with Gasteiger partial charge >= 0.3 is 6.03 Å². The molecule has 1 N–H and O–H groups in total. The lowest BCUT2D eigenvalue weighted by Crippen LogP contribution is -2.36. The minimum absolute atomic E-state index is 0.00769. The van der Waals surface area contributed by atoms with Crippen LogP contribution in [0, 0.1) is 0 Å². The predicted molar refractivity (Wildman–Crippen MR) is 110 cm³/mol. The van der Waals surface area contributed by atoms with Crippen LogP contribution in [0.25, 0.3) is 0 Å². The lowest BCUT2D eigenvalue weighted by atomic mass is 10.1. The van der Waals surface area contributed by atoms with E-state index >= 15 is 0 Å². The summed E-state index contributed by atoms with van der Waals surface area (Å²) in [6.07, 6.45) is 12.2. The smallest absolute Gasteiger partial charge is 0.321 e. The van der Waals surface area contributed by atoms with E-state index in [1.165, 1.54) is 51.4 Å². The molecule has 0 radical (unpaired) electrons. The van der Waals surface area contributed by atoms with Gasteiger partial charge in [0.15, 0.2) is 0 Å². The Hall–Kier alpha value is -1.22. The first-order chi connectivity index (χ1) is 12.2. The summed E-state index contributed by atoms with van der Waals surface area (Å²) in [6, 6.07) is 7.31. The van der Waals surface area contributed by atoms with Crippen molar-refractivity contribution in [2.75, 3.05) is 18.4 Å². The second kappa shape index (κ2) is 14.0. The van der Waals surface area contributed by atoms with Crippen LogP contribution in [0.5, 0.6) is 0 Å². The van der Waals surface area contributed by atoms with Crippen LogP contribution in [-0.2, 0) is 0 Å². The molecule has 2 amide bonds. The number of urea groups is 1. The third kappa shape index (κ3) is 10.4. The molecular formula is C21H35ClN2O. The number of unbranched alkanes of at least 4 members (excludes halogenated alkanes) is 8. The predicted octanol–water partition coefficient (Wildman–Crippen LogP) is 7.11. The maximum atomic E-state index is 12.6. The Balaban J connectivity index is 2.45. The largest absolute Gasteiger partial charge is 0.325 e. The molecule has 0 atom stereocenters. The summed E-state index contributed by atoms with van der Waals surface area (Å²) < 4.78 is 0. The molecule has 0 saturated carbocycles. The Morgan fingerprint density at radius 2 is 1.32 bits per heavy atom. The van der Waals surface area contributed by atoms with E-state index in [1.807, 2.05) is 17.0 Å². The zero-order valence-electron chi connectivity index (χ0n) is 16.0. The molecule has 0 heterocycles. The van der Waals surface area contributed by atoms with Crippen LogP contribution in [0.4, 0.5) is 10.5 Å². The van der Waals surface area contributed by atoms with E-state index in [0.717, 1.165) is 31.6 Å². The maximum Gasteiger partial charge on any atom is 0.321 e. The van der Waals surface area contributed by atoms with Gasteiger partial charge in [0.25, 0.3) is 0 Å². The molecule has 0 aliphatic heterocycles. The van der Waals surface area contributed by atoms with Crippen LogP contribution in [0.15, 0.2) is 24.3 Å². The topological polar surface area (TPSA) is 32.3 Å². The van der Waals surface area contributed by atoms with E-state index in [2.05, 4.69) is 19.2 Å². The number of amides is 2. The summed E-state index contributed by atoms with van der Waals surface area (Å²) in [7, 11) is 0. The van der Waals surface area contributed by atoms with E-state index in [1.54, 1.807) is 12.1 Å². The van der Waals surface area contributed by atoms with Gasteiger partial charge in [0, 0.05) is 23.8 Å². The van der Waals surface area contributed by atoms with Gasteiger partial charge in [0.2, 0.25) is 0 Å². The second-order valence-corrected chi connectivity index (χ2v) is 7.19. The van der Waals surface area contributed by atoms with Gasteiger partial charge in [0.05, 0.1) is 0 Å². The molecule has 0 spiro atoms. The van der Waals surface area contributed by atoms with Crippen molar-refractivity contribution >= 4 is 23.3 Å². The first kappa shape index (κ1) is 21.8. The summed E-state index contributed by atoms with van der Waals surface area (Å²) in [6.45, 7) is 6.14. The van der Waals surface area contributed by atoms with Crippen LogP contribution in [0.1, 0.15) is 78.1 Å². The number of carbonyl (C=O) groups is 1. The number of hydrogen-bond donors (Lipinski definition) is 1. The van der Waals surface area contributed by atoms with Gasteiger partial charge in [-0.05, 0) is 37.1 Å². The third-order valence-electron chi connectivity index (χ3n) is 4.45. The Bertz CT molecular complexity index is 447. The highest BCUT2D eigenvalue weighted by Crippen LogP contribution is 2.15. The molecule has 142 valence electrons. The first-order valence-corrected chi connectivity index (χ1v) is 10.4. The standard InChI is InChI=1S/C21H35ClN2O/c1-3-5-7-9-11-17-24(18-12-10-8-6-4-2)21(25)23-20-15-13-19(22)14-16-20/h13-16H,3-12,17-18H2,1-2H3,(H,23,25). The molecule has 0 aliphatic carbocycles.